The van der Waals surface area contributed by atoms with Gasteiger partial charge in [-0.05, 0) is 43.2 Å². The van der Waals surface area contributed by atoms with E-state index in [9.17, 15) is 0 Å². The summed E-state index contributed by atoms with van der Waals surface area (Å²) >= 11 is 0. The van der Waals surface area contributed by atoms with E-state index in [0.29, 0.717) is 0 Å². The first-order valence-electron chi connectivity index (χ1n) is 7.23. The predicted octanol–water partition coefficient (Wildman–Crippen LogP) is 4.09. The third kappa shape index (κ3) is 2.50. The molecule has 1 aliphatic heterocycles. The summed E-state index contributed by atoms with van der Waals surface area (Å²) in [4.78, 5) is 4.80. The molecule has 19 heavy (non-hydrogen) atoms. The molecular formula is C17H21NO. The van der Waals surface area contributed by atoms with Crippen LogP contribution >= 0.6 is 0 Å². The van der Waals surface area contributed by atoms with Gasteiger partial charge in [0.05, 0.1) is 5.71 Å². The highest BCUT2D eigenvalue weighted by atomic mass is 16.5. The largest absolute Gasteiger partial charge is 0.370 e. The third-order valence-electron chi connectivity index (χ3n) is 4.17. The normalized spacial score (nSPS) is 20.8. The maximum absolute atomic E-state index is 5.76. The highest BCUT2D eigenvalue weighted by molar-refractivity contribution is 6.05. The van der Waals surface area contributed by atoms with Gasteiger partial charge in [-0.15, -0.1) is 0 Å². The molecule has 1 aliphatic carbocycles. The van der Waals surface area contributed by atoms with Crippen LogP contribution in [0.2, 0.25) is 0 Å². The van der Waals surface area contributed by atoms with Gasteiger partial charge in [0.25, 0.3) is 0 Å². The smallest absolute Gasteiger partial charge is 0.124 e. The molecule has 0 aromatic heterocycles. The zero-order valence-corrected chi connectivity index (χ0v) is 11.6. The highest BCUT2D eigenvalue weighted by Crippen LogP contribution is 2.35. The molecule has 0 spiro atoms. The Morgan fingerprint density at radius 2 is 1.84 bits per heavy atom. The molecule has 100 valence electrons. The van der Waals surface area contributed by atoms with Crippen molar-refractivity contribution in [1.82, 2.24) is 0 Å². The predicted molar refractivity (Wildman–Crippen MR) is 78.6 cm³/mol. The van der Waals surface area contributed by atoms with Crippen LogP contribution in [0.4, 0.5) is 0 Å². The summed E-state index contributed by atoms with van der Waals surface area (Å²) in [5.41, 5.74) is 5.53. The Balaban J connectivity index is 1.95. The minimum absolute atomic E-state index is 0.00426. The molecule has 0 radical (unpaired) electrons. The molecule has 1 aromatic carbocycles. The van der Waals surface area contributed by atoms with Crippen LogP contribution in [-0.2, 0) is 4.74 Å². The summed E-state index contributed by atoms with van der Waals surface area (Å²) in [6.45, 7) is 0.931. The maximum atomic E-state index is 5.76. The van der Waals surface area contributed by atoms with E-state index in [1.807, 2.05) is 6.07 Å². The number of benzene rings is 1. The Hall–Kier alpha value is -1.41. The standard InChI is InChI=1S/C17H21NO/c1-19-17(14-8-3-2-4-9-14)16-15-10-6-5-7-13(15)11-12-18-16/h2-4,8-9,17H,5-7,10-12H2,1H3. The van der Waals surface area contributed by atoms with E-state index in [1.54, 1.807) is 12.7 Å². The van der Waals surface area contributed by atoms with Crippen molar-refractivity contribution in [3.05, 3.63) is 47.0 Å². The summed E-state index contributed by atoms with van der Waals surface area (Å²) in [5, 5.41) is 0. The van der Waals surface area contributed by atoms with Crippen LogP contribution in [0, 0.1) is 0 Å². The average molecular weight is 255 g/mol. The van der Waals surface area contributed by atoms with Crippen LogP contribution in [0.25, 0.3) is 0 Å². The van der Waals surface area contributed by atoms with Gasteiger partial charge in [0, 0.05) is 13.7 Å². The Bertz CT molecular complexity index is 501. The van der Waals surface area contributed by atoms with Gasteiger partial charge in [0.15, 0.2) is 0 Å². The van der Waals surface area contributed by atoms with Crippen LogP contribution in [0.15, 0.2) is 46.5 Å². The van der Waals surface area contributed by atoms with Crippen molar-refractivity contribution in [2.75, 3.05) is 13.7 Å². The zero-order valence-electron chi connectivity index (χ0n) is 11.6. The van der Waals surface area contributed by atoms with Crippen LogP contribution in [0.3, 0.4) is 0 Å². The monoisotopic (exact) mass is 255 g/mol. The molecule has 1 unspecified atom stereocenters. The minimum Gasteiger partial charge on any atom is -0.370 e. The number of methoxy groups -OCH3 is 1. The summed E-state index contributed by atoms with van der Waals surface area (Å²) < 4.78 is 5.76. The Morgan fingerprint density at radius 1 is 1.05 bits per heavy atom. The molecule has 1 aromatic rings. The summed E-state index contributed by atoms with van der Waals surface area (Å²) in [7, 11) is 1.79. The quantitative estimate of drug-likeness (QED) is 0.797. The number of hydrogen-bond donors (Lipinski definition) is 0. The van der Waals surface area contributed by atoms with Gasteiger partial charge in [-0.1, -0.05) is 35.9 Å². The zero-order chi connectivity index (χ0) is 13.1. The van der Waals surface area contributed by atoms with Crippen molar-refractivity contribution < 1.29 is 4.74 Å². The Morgan fingerprint density at radius 3 is 2.63 bits per heavy atom. The van der Waals surface area contributed by atoms with E-state index in [-0.39, 0.29) is 6.10 Å². The van der Waals surface area contributed by atoms with E-state index in [1.165, 1.54) is 42.5 Å². The molecule has 0 amide bonds. The molecule has 1 heterocycles. The lowest BCUT2D eigenvalue weighted by Crippen LogP contribution is -2.23. The van der Waals surface area contributed by atoms with Gasteiger partial charge in [-0.2, -0.15) is 0 Å². The third-order valence-corrected chi connectivity index (χ3v) is 4.17. The fraction of sp³-hybridized carbons (Fsp3) is 0.471. The number of nitrogens with zero attached hydrogens (tertiary/aromatic N) is 1. The summed E-state index contributed by atoms with van der Waals surface area (Å²) in [5.74, 6) is 0. The first kappa shape index (κ1) is 12.6. The van der Waals surface area contributed by atoms with Crippen molar-refractivity contribution >= 4 is 5.71 Å². The number of rotatable bonds is 3. The van der Waals surface area contributed by atoms with Crippen molar-refractivity contribution in [1.29, 1.82) is 0 Å². The molecule has 0 saturated carbocycles. The van der Waals surface area contributed by atoms with Gasteiger partial charge in [-0.3, -0.25) is 4.99 Å². The van der Waals surface area contributed by atoms with Crippen LogP contribution in [0.5, 0.6) is 0 Å². The van der Waals surface area contributed by atoms with Crippen LogP contribution in [-0.4, -0.2) is 19.4 Å². The van der Waals surface area contributed by atoms with Crippen molar-refractivity contribution in [2.24, 2.45) is 4.99 Å². The second-order valence-corrected chi connectivity index (χ2v) is 5.33. The fourth-order valence-corrected chi connectivity index (χ4v) is 3.23. The number of dihydropyridines is 1. The van der Waals surface area contributed by atoms with Gasteiger partial charge in [0.1, 0.15) is 6.10 Å². The van der Waals surface area contributed by atoms with Crippen molar-refractivity contribution in [3.8, 4) is 0 Å². The number of hydrogen-bond acceptors (Lipinski definition) is 2. The van der Waals surface area contributed by atoms with Gasteiger partial charge in [0.2, 0.25) is 0 Å². The molecule has 2 heteroatoms. The van der Waals surface area contributed by atoms with E-state index in [0.717, 1.165) is 13.0 Å². The molecule has 2 aliphatic rings. The van der Waals surface area contributed by atoms with Crippen LogP contribution < -0.4 is 0 Å². The summed E-state index contributed by atoms with van der Waals surface area (Å²) in [6, 6.07) is 10.5. The molecule has 1 atom stereocenters. The second-order valence-electron chi connectivity index (χ2n) is 5.33. The molecule has 2 nitrogen and oxygen atoms in total. The van der Waals surface area contributed by atoms with E-state index in [4.69, 9.17) is 9.73 Å². The lowest BCUT2D eigenvalue weighted by atomic mass is 9.83. The highest BCUT2D eigenvalue weighted by Gasteiger charge is 2.27. The van der Waals surface area contributed by atoms with E-state index in [2.05, 4.69) is 24.3 Å². The van der Waals surface area contributed by atoms with E-state index < -0.39 is 0 Å². The van der Waals surface area contributed by atoms with E-state index >= 15 is 0 Å². The number of ether oxygens (including phenoxy) is 1. The summed E-state index contributed by atoms with van der Waals surface area (Å²) in [6.07, 6.45) is 6.24. The lowest BCUT2D eigenvalue weighted by Gasteiger charge is -2.29. The van der Waals surface area contributed by atoms with Gasteiger partial charge < -0.3 is 4.74 Å². The maximum Gasteiger partial charge on any atom is 0.124 e. The average Bonchev–Trinajstić information content (AvgIpc) is 2.49. The molecular weight excluding hydrogens is 234 g/mol. The second kappa shape index (κ2) is 5.70. The molecule has 0 bridgehead atoms. The Labute approximate surface area is 115 Å². The first-order chi connectivity index (χ1) is 9.40. The van der Waals surface area contributed by atoms with Crippen molar-refractivity contribution in [2.45, 2.75) is 38.2 Å². The van der Waals surface area contributed by atoms with Crippen LogP contribution in [0.1, 0.15) is 43.8 Å². The lowest BCUT2D eigenvalue weighted by molar-refractivity contribution is 0.157. The first-order valence-corrected chi connectivity index (χ1v) is 7.23. The minimum atomic E-state index is 0.00426. The molecule has 3 rings (SSSR count). The fourth-order valence-electron chi connectivity index (χ4n) is 3.23. The van der Waals surface area contributed by atoms with Crippen molar-refractivity contribution in [3.63, 3.8) is 0 Å². The van der Waals surface area contributed by atoms with Gasteiger partial charge in [-0.25, -0.2) is 0 Å². The SMILES string of the molecule is COC(C1=NCCC2=C1CCCC2)c1ccccc1. The molecule has 0 saturated heterocycles. The Kier molecular flexibility index (Phi) is 3.79. The molecule has 0 N–H and O–H groups in total. The molecule has 0 fully saturated rings. The van der Waals surface area contributed by atoms with Gasteiger partial charge >= 0.3 is 0 Å². The number of aliphatic imine (C=N–C) groups is 1. The topological polar surface area (TPSA) is 21.6 Å².